The fraction of sp³-hybridized carbons (Fsp3) is 0.500. The largest absolute Gasteiger partial charge is 0.384 e. The molecule has 0 amide bonds. The maximum Gasteiger partial charge on any atom is 0.384 e. The van der Waals surface area contributed by atoms with Gasteiger partial charge >= 0.3 is 5.38 Å². The second-order valence-electron chi connectivity index (χ2n) is 2.08. The van der Waals surface area contributed by atoms with Crippen LogP contribution in [0.15, 0.2) is 11.6 Å². The van der Waals surface area contributed by atoms with Crippen molar-refractivity contribution in [2.45, 2.75) is 19.2 Å². The second kappa shape index (κ2) is 3.10. The summed E-state index contributed by atoms with van der Waals surface area (Å²) in [7, 11) is 0. The zero-order valence-electron chi connectivity index (χ0n) is 5.62. The maximum absolute atomic E-state index is 11.8. The van der Waals surface area contributed by atoms with E-state index in [-0.39, 0.29) is 0 Å². The summed E-state index contributed by atoms with van der Waals surface area (Å²) < 4.78 is 23.7. The molecule has 0 rings (SSSR count). The molecule has 4 heteroatoms. The Bertz CT molecular complexity index is 165. The van der Waals surface area contributed by atoms with E-state index >= 15 is 0 Å². The van der Waals surface area contributed by atoms with E-state index in [1.807, 2.05) is 0 Å². The summed E-state index contributed by atoms with van der Waals surface area (Å²) in [6.07, 6.45) is 0.812. The van der Waals surface area contributed by atoms with Crippen LogP contribution in [0.25, 0.3) is 0 Å². The highest BCUT2D eigenvalue weighted by atomic mass is 35.5. The maximum atomic E-state index is 11.8. The molecule has 0 bridgehead atoms. The Morgan fingerprint density at radius 3 is 2.00 bits per heavy atom. The van der Waals surface area contributed by atoms with Crippen LogP contribution in [0.2, 0.25) is 0 Å². The van der Waals surface area contributed by atoms with Gasteiger partial charge in [0.05, 0.1) is 0 Å². The molecule has 0 N–H and O–H groups in total. The third kappa shape index (κ3) is 3.56. The second-order valence-corrected chi connectivity index (χ2v) is 2.56. The van der Waals surface area contributed by atoms with Gasteiger partial charge in [0.25, 0.3) is 0 Å². The van der Waals surface area contributed by atoms with E-state index in [4.69, 9.17) is 0 Å². The predicted octanol–water partition coefficient (Wildman–Crippen LogP) is 2.35. The van der Waals surface area contributed by atoms with Crippen LogP contribution in [0.4, 0.5) is 8.78 Å². The molecule has 0 aliphatic carbocycles. The van der Waals surface area contributed by atoms with Crippen LogP contribution < -0.4 is 0 Å². The van der Waals surface area contributed by atoms with E-state index in [0.717, 1.165) is 6.08 Å². The smallest absolute Gasteiger partial charge is 0.287 e. The molecule has 0 saturated heterocycles. The lowest BCUT2D eigenvalue weighted by molar-refractivity contribution is -0.128. The Morgan fingerprint density at radius 2 is 1.90 bits per heavy atom. The van der Waals surface area contributed by atoms with E-state index in [9.17, 15) is 13.6 Å². The fourth-order valence-electron chi connectivity index (χ4n) is 0.344. The number of carbonyl (C=O) groups is 1. The van der Waals surface area contributed by atoms with Crippen molar-refractivity contribution >= 4 is 17.4 Å². The standard InChI is InChI=1S/C6H7ClF2O/c1-4(2)3-5(10)6(7,8)9/h3H,1-2H3. The van der Waals surface area contributed by atoms with E-state index in [1.165, 1.54) is 0 Å². The third-order valence-corrected chi connectivity index (χ3v) is 0.885. The molecule has 0 fully saturated rings. The number of hydrogen-bond donors (Lipinski definition) is 0. The Hall–Kier alpha value is -0.440. The highest BCUT2D eigenvalue weighted by molar-refractivity contribution is 6.34. The molecule has 0 atom stereocenters. The van der Waals surface area contributed by atoms with Crippen molar-refractivity contribution in [3.05, 3.63) is 11.6 Å². The highest BCUT2D eigenvalue weighted by Crippen LogP contribution is 2.20. The van der Waals surface area contributed by atoms with Crippen molar-refractivity contribution in [2.24, 2.45) is 0 Å². The van der Waals surface area contributed by atoms with Crippen LogP contribution in [0.1, 0.15) is 13.8 Å². The number of alkyl halides is 3. The SMILES string of the molecule is CC(C)=CC(=O)C(F)(F)Cl. The fourth-order valence-corrected chi connectivity index (χ4v) is 0.399. The van der Waals surface area contributed by atoms with Crippen molar-refractivity contribution in [3.63, 3.8) is 0 Å². The number of rotatable bonds is 2. The van der Waals surface area contributed by atoms with Gasteiger partial charge in [-0.3, -0.25) is 4.79 Å². The zero-order chi connectivity index (χ0) is 8.36. The van der Waals surface area contributed by atoms with Crippen molar-refractivity contribution in [2.75, 3.05) is 0 Å². The Balaban J connectivity index is 4.27. The van der Waals surface area contributed by atoms with Gasteiger partial charge in [0.2, 0.25) is 5.78 Å². The van der Waals surface area contributed by atoms with Gasteiger partial charge < -0.3 is 0 Å². The van der Waals surface area contributed by atoms with Crippen molar-refractivity contribution in [3.8, 4) is 0 Å². The van der Waals surface area contributed by atoms with Crippen LogP contribution in [0, 0.1) is 0 Å². The molecule has 0 aromatic heterocycles. The molecule has 0 aliphatic heterocycles. The first-order valence-electron chi connectivity index (χ1n) is 2.60. The van der Waals surface area contributed by atoms with E-state index in [2.05, 4.69) is 11.6 Å². The molecule has 0 aliphatic rings. The normalized spacial score (nSPS) is 10.9. The molecule has 58 valence electrons. The Kier molecular flexibility index (Phi) is 2.96. The van der Waals surface area contributed by atoms with Gasteiger partial charge in [0.15, 0.2) is 0 Å². The predicted molar refractivity (Wildman–Crippen MR) is 35.2 cm³/mol. The molecule has 0 aromatic carbocycles. The summed E-state index contributed by atoms with van der Waals surface area (Å²) in [6, 6.07) is 0. The van der Waals surface area contributed by atoms with Gasteiger partial charge in [0, 0.05) is 0 Å². The van der Waals surface area contributed by atoms with E-state index in [1.54, 1.807) is 13.8 Å². The van der Waals surface area contributed by atoms with Gasteiger partial charge in [-0.25, -0.2) is 0 Å². The number of carbonyl (C=O) groups excluding carboxylic acids is 1. The van der Waals surface area contributed by atoms with Crippen molar-refractivity contribution < 1.29 is 13.6 Å². The minimum Gasteiger partial charge on any atom is -0.287 e. The van der Waals surface area contributed by atoms with E-state index < -0.39 is 11.2 Å². The average molecular weight is 169 g/mol. The van der Waals surface area contributed by atoms with Crippen LogP contribution in [-0.2, 0) is 4.79 Å². The third-order valence-electron chi connectivity index (χ3n) is 0.699. The molecular weight excluding hydrogens is 162 g/mol. The first-order chi connectivity index (χ1) is 4.34. The highest BCUT2D eigenvalue weighted by Gasteiger charge is 2.33. The molecule has 10 heavy (non-hydrogen) atoms. The summed E-state index contributed by atoms with van der Waals surface area (Å²) in [5, 5.41) is -3.75. The Labute approximate surface area is 62.7 Å². The molecule has 0 unspecified atom stereocenters. The molecule has 0 radical (unpaired) electrons. The van der Waals surface area contributed by atoms with Gasteiger partial charge in [-0.15, -0.1) is 0 Å². The van der Waals surface area contributed by atoms with Crippen LogP contribution in [-0.4, -0.2) is 11.2 Å². The summed E-state index contributed by atoms with van der Waals surface area (Å²) in [6.45, 7) is 3.08. The van der Waals surface area contributed by atoms with Crippen LogP contribution in [0.3, 0.4) is 0 Å². The molecule has 0 saturated carbocycles. The van der Waals surface area contributed by atoms with Gasteiger partial charge in [-0.05, 0) is 31.5 Å². The number of hydrogen-bond acceptors (Lipinski definition) is 1. The van der Waals surface area contributed by atoms with Gasteiger partial charge in [-0.1, -0.05) is 5.57 Å². The molecule has 0 heterocycles. The van der Waals surface area contributed by atoms with Crippen molar-refractivity contribution in [1.82, 2.24) is 0 Å². The molecule has 1 nitrogen and oxygen atoms in total. The minimum atomic E-state index is -3.75. The Morgan fingerprint density at radius 1 is 1.50 bits per heavy atom. The zero-order valence-corrected chi connectivity index (χ0v) is 6.38. The first-order valence-corrected chi connectivity index (χ1v) is 2.98. The lowest BCUT2D eigenvalue weighted by atomic mass is 10.2. The quantitative estimate of drug-likeness (QED) is 0.457. The van der Waals surface area contributed by atoms with Gasteiger partial charge in [0.1, 0.15) is 0 Å². The number of allylic oxidation sites excluding steroid dienone is 2. The number of halogens is 3. The molecule has 0 aromatic rings. The molecular formula is C6H7ClF2O. The first kappa shape index (κ1) is 9.56. The summed E-state index contributed by atoms with van der Waals surface area (Å²) in [5.74, 6) is -1.37. The lowest BCUT2D eigenvalue weighted by Gasteiger charge is -2.01. The summed E-state index contributed by atoms with van der Waals surface area (Å²) in [4.78, 5) is 10.3. The van der Waals surface area contributed by atoms with Crippen LogP contribution >= 0.6 is 11.6 Å². The minimum absolute atomic E-state index is 0.505. The summed E-state index contributed by atoms with van der Waals surface area (Å²) in [5.41, 5.74) is 0.505. The topological polar surface area (TPSA) is 17.1 Å². The monoisotopic (exact) mass is 168 g/mol. The van der Waals surface area contributed by atoms with Crippen molar-refractivity contribution in [1.29, 1.82) is 0 Å². The summed E-state index contributed by atoms with van der Waals surface area (Å²) >= 11 is 4.40. The number of ketones is 1. The van der Waals surface area contributed by atoms with Crippen LogP contribution in [0.5, 0.6) is 0 Å². The lowest BCUT2D eigenvalue weighted by Crippen LogP contribution is -2.18. The van der Waals surface area contributed by atoms with Gasteiger partial charge in [-0.2, -0.15) is 8.78 Å². The molecule has 0 spiro atoms. The van der Waals surface area contributed by atoms with E-state index in [0.29, 0.717) is 5.57 Å². The average Bonchev–Trinajstić information content (AvgIpc) is 1.60.